The van der Waals surface area contributed by atoms with Crippen molar-refractivity contribution in [3.63, 3.8) is 0 Å². The Hall–Kier alpha value is -2.55. The van der Waals surface area contributed by atoms with Gasteiger partial charge in [-0.15, -0.1) is 11.8 Å². The topological polar surface area (TPSA) is 83.5 Å². The van der Waals surface area contributed by atoms with E-state index < -0.39 is 39.4 Å². The van der Waals surface area contributed by atoms with E-state index in [0.29, 0.717) is 24.2 Å². The summed E-state index contributed by atoms with van der Waals surface area (Å²) in [6.07, 6.45) is -6.84. The molecule has 7 nitrogen and oxygen atoms in total. The van der Waals surface area contributed by atoms with Gasteiger partial charge >= 0.3 is 12.4 Å². The minimum absolute atomic E-state index is 0.0109. The number of nitrogens with zero attached hydrogens (tertiary/aromatic N) is 4. The lowest BCUT2D eigenvalue weighted by molar-refractivity contribution is -0.138. The number of amides is 1. The van der Waals surface area contributed by atoms with Gasteiger partial charge in [-0.3, -0.25) is 4.79 Å². The van der Waals surface area contributed by atoms with Crippen molar-refractivity contribution in [1.29, 1.82) is 0 Å². The molecule has 34 heavy (non-hydrogen) atoms. The Bertz CT molecular complexity index is 1150. The normalized spacial score (nSPS) is 15.5. The zero-order chi connectivity index (χ0) is 25.3. The van der Waals surface area contributed by atoms with Gasteiger partial charge in [0.2, 0.25) is 5.95 Å². The molecule has 2 aromatic rings. The van der Waals surface area contributed by atoms with Crippen LogP contribution in [-0.2, 0) is 16.0 Å². The summed E-state index contributed by atoms with van der Waals surface area (Å²) in [4.78, 5) is 23.2. The predicted molar refractivity (Wildman–Crippen MR) is 111 cm³/mol. The zero-order valence-electron chi connectivity index (χ0n) is 17.5. The van der Waals surface area contributed by atoms with E-state index in [-0.39, 0.29) is 47.5 Å². The molecule has 0 unspecified atom stereocenters. The number of sulfone groups is 1. The van der Waals surface area contributed by atoms with Crippen LogP contribution in [0.2, 0.25) is 0 Å². The number of hydrogen-bond donors (Lipinski definition) is 0. The van der Waals surface area contributed by atoms with Gasteiger partial charge in [0.15, 0.2) is 9.84 Å². The van der Waals surface area contributed by atoms with E-state index in [1.54, 1.807) is 4.90 Å². The van der Waals surface area contributed by atoms with Gasteiger partial charge in [0, 0.05) is 49.7 Å². The Morgan fingerprint density at radius 3 is 2.12 bits per heavy atom. The molecule has 3 rings (SSSR count). The first-order valence-electron chi connectivity index (χ1n) is 9.62. The molecule has 1 aliphatic heterocycles. The van der Waals surface area contributed by atoms with Crippen molar-refractivity contribution in [2.75, 3.05) is 43.1 Å². The molecule has 0 radical (unpaired) electrons. The van der Waals surface area contributed by atoms with Crippen LogP contribution >= 0.6 is 11.8 Å². The second-order valence-corrected chi connectivity index (χ2v) is 10.4. The summed E-state index contributed by atoms with van der Waals surface area (Å²) >= 11 is 0.377. The highest BCUT2D eigenvalue weighted by Gasteiger charge is 2.33. The highest BCUT2D eigenvalue weighted by molar-refractivity contribution is 7.99. The van der Waals surface area contributed by atoms with Gasteiger partial charge in [0.1, 0.15) is 0 Å². The minimum atomic E-state index is -4.58. The van der Waals surface area contributed by atoms with Gasteiger partial charge in [0.25, 0.3) is 5.91 Å². The summed E-state index contributed by atoms with van der Waals surface area (Å²) in [6.45, 7) is 0.479. The van der Waals surface area contributed by atoms with Crippen LogP contribution in [0.5, 0.6) is 0 Å². The molecule has 0 N–H and O–H groups in total. The molecule has 1 aromatic carbocycles. The molecule has 186 valence electrons. The Kier molecular flexibility index (Phi) is 7.36. The number of aromatic nitrogens is 2. The van der Waals surface area contributed by atoms with Crippen molar-refractivity contribution < 1.29 is 39.6 Å². The van der Waals surface area contributed by atoms with E-state index in [1.165, 1.54) is 11.0 Å². The number of benzene rings is 1. The number of carbonyl (C=O) groups excluding carboxylic acids is 1. The number of halogens is 6. The molecule has 0 spiro atoms. The molecule has 0 saturated carbocycles. The molecular formula is C19H18F6N4O3S2. The lowest BCUT2D eigenvalue weighted by Gasteiger charge is -2.35. The maximum atomic E-state index is 13.1. The number of piperazine rings is 1. The summed E-state index contributed by atoms with van der Waals surface area (Å²) in [5.41, 5.74) is -1.17. The summed E-state index contributed by atoms with van der Waals surface area (Å²) < 4.78 is 99.9. The second kappa shape index (κ2) is 9.60. The van der Waals surface area contributed by atoms with Crippen LogP contribution in [0.25, 0.3) is 0 Å². The van der Waals surface area contributed by atoms with E-state index in [2.05, 4.69) is 9.97 Å². The third-order valence-corrected chi connectivity index (χ3v) is 7.07. The maximum absolute atomic E-state index is 13.1. The standard InChI is InChI=1S/C19H18F6N4O3S2/c1-34(31,32)13-2-3-15(33-11-18(20,21)22)14(8-13)16(30)28-4-6-29(7-5-28)17-26-9-12(10-27-17)19(23,24)25/h2-3,8-10H,4-7,11H2,1H3. The fourth-order valence-electron chi connectivity index (χ4n) is 3.10. The molecule has 1 aliphatic rings. The first-order chi connectivity index (χ1) is 15.6. The third-order valence-electron chi connectivity index (χ3n) is 4.82. The van der Waals surface area contributed by atoms with Crippen LogP contribution in [0.15, 0.2) is 40.4 Å². The highest BCUT2D eigenvalue weighted by atomic mass is 32.2. The molecule has 1 saturated heterocycles. The Morgan fingerprint density at radius 1 is 1.03 bits per heavy atom. The monoisotopic (exact) mass is 528 g/mol. The number of hydrogen-bond acceptors (Lipinski definition) is 7. The summed E-state index contributed by atoms with van der Waals surface area (Å²) in [5.74, 6) is -1.87. The fraction of sp³-hybridized carbons (Fsp3) is 0.421. The van der Waals surface area contributed by atoms with Gasteiger partial charge in [-0.05, 0) is 18.2 Å². The largest absolute Gasteiger partial charge is 0.419 e. The summed E-state index contributed by atoms with van der Waals surface area (Å²) in [7, 11) is -3.72. The third kappa shape index (κ3) is 6.52. The maximum Gasteiger partial charge on any atom is 0.419 e. The number of thioether (sulfide) groups is 1. The highest BCUT2D eigenvalue weighted by Crippen LogP contribution is 2.32. The number of carbonyl (C=O) groups is 1. The van der Waals surface area contributed by atoms with Gasteiger partial charge in [-0.1, -0.05) is 0 Å². The molecule has 2 heterocycles. The van der Waals surface area contributed by atoms with E-state index in [4.69, 9.17) is 0 Å². The van der Waals surface area contributed by atoms with Gasteiger partial charge in [-0.25, -0.2) is 18.4 Å². The van der Waals surface area contributed by atoms with Crippen molar-refractivity contribution >= 4 is 33.5 Å². The summed E-state index contributed by atoms with van der Waals surface area (Å²) in [6, 6.07) is 3.37. The summed E-state index contributed by atoms with van der Waals surface area (Å²) in [5, 5.41) is 0. The van der Waals surface area contributed by atoms with Gasteiger partial charge in [0.05, 0.1) is 21.8 Å². The lowest BCUT2D eigenvalue weighted by Crippen LogP contribution is -2.49. The predicted octanol–water partition coefficient (Wildman–Crippen LogP) is 3.52. The van der Waals surface area contributed by atoms with Crippen LogP contribution in [0.3, 0.4) is 0 Å². The van der Waals surface area contributed by atoms with Crippen LogP contribution in [0, 0.1) is 0 Å². The number of anilines is 1. The average molecular weight is 529 g/mol. The van der Waals surface area contributed by atoms with Crippen molar-refractivity contribution in [2.45, 2.75) is 22.1 Å². The molecule has 0 atom stereocenters. The first kappa shape index (κ1) is 26.1. The van der Waals surface area contributed by atoms with Crippen LogP contribution < -0.4 is 4.90 Å². The van der Waals surface area contributed by atoms with Gasteiger partial charge in [-0.2, -0.15) is 26.3 Å². The molecular weight excluding hydrogens is 510 g/mol. The van der Waals surface area contributed by atoms with Crippen molar-refractivity contribution in [3.05, 3.63) is 41.7 Å². The lowest BCUT2D eigenvalue weighted by atomic mass is 10.1. The minimum Gasteiger partial charge on any atom is -0.337 e. The smallest absolute Gasteiger partial charge is 0.337 e. The second-order valence-electron chi connectivity index (χ2n) is 7.38. The van der Waals surface area contributed by atoms with Gasteiger partial charge < -0.3 is 9.80 Å². The first-order valence-corrected chi connectivity index (χ1v) is 12.5. The van der Waals surface area contributed by atoms with E-state index >= 15 is 0 Å². The Morgan fingerprint density at radius 2 is 1.62 bits per heavy atom. The Labute approximate surface area is 195 Å². The Balaban J connectivity index is 1.76. The van der Waals surface area contributed by atoms with Crippen LogP contribution in [-0.4, -0.2) is 73.6 Å². The molecule has 0 aliphatic carbocycles. The fourth-order valence-corrected chi connectivity index (χ4v) is 4.54. The SMILES string of the molecule is CS(=O)(=O)c1ccc(SCC(F)(F)F)c(C(=O)N2CCN(c3ncc(C(F)(F)F)cn3)CC2)c1. The van der Waals surface area contributed by atoms with E-state index in [0.717, 1.165) is 18.4 Å². The molecule has 1 fully saturated rings. The molecule has 1 aromatic heterocycles. The molecule has 1 amide bonds. The zero-order valence-corrected chi connectivity index (χ0v) is 19.2. The number of alkyl halides is 6. The van der Waals surface area contributed by atoms with E-state index in [1.807, 2.05) is 0 Å². The average Bonchev–Trinajstić information content (AvgIpc) is 2.75. The van der Waals surface area contributed by atoms with Crippen molar-refractivity contribution in [3.8, 4) is 0 Å². The van der Waals surface area contributed by atoms with Crippen molar-refractivity contribution in [1.82, 2.24) is 14.9 Å². The number of rotatable bonds is 5. The quantitative estimate of drug-likeness (QED) is 0.434. The van der Waals surface area contributed by atoms with E-state index in [9.17, 15) is 39.6 Å². The molecule has 0 bridgehead atoms. The van der Waals surface area contributed by atoms with Crippen LogP contribution in [0.4, 0.5) is 32.3 Å². The van der Waals surface area contributed by atoms with Crippen LogP contribution in [0.1, 0.15) is 15.9 Å². The van der Waals surface area contributed by atoms with Crippen molar-refractivity contribution in [2.24, 2.45) is 0 Å². The molecule has 15 heteroatoms.